The fourth-order valence-corrected chi connectivity index (χ4v) is 6.00. The number of benzene rings is 2. The molecule has 4 rings (SSSR count). The Morgan fingerprint density at radius 3 is 1.97 bits per heavy atom. The molecule has 0 radical (unpaired) electrons. The summed E-state index contributed by atoms with van der Waals surface area (Å²) >= 11 is 0. The molecule has 2 aliphatic rings. The predicted molar refractivity (Wildman–Crippen MR) is 125 cm³/mol. The van der Waals surface area contributed by atoms with Crippen molar-refractivity contribution < 1.29 is 53.4 Å². The lowest BCUT2D eigenvalue weighted by molar-refractivity contribution is -0.184. The van der Waals surface area contributed by atoms with Crippen LogP contribution in [0.5, 0.6) is 0 Å². The molecule has 0 aromatic heterocycles. The minimum absolute atomic E-state index is 0.00219. The highest BCUT2D eigenvalue weighted by Crippen LogP contribution is 2.50. The van der Waals surface area contributed by atoms with E-state index in [1.54, 1.807) is 0 Å². The third-order valence-electron chi connectivity index (χ3n) is 6.77. The molecule has 1 unspecified atom stereocenters. The highest BCUT2D eigenvalue weighted by Gasteiger charge is 2.59. The highest BCUT2D eigenvalue weighted by molar-refractivity contribution is 8.25. The summed E-state index contributed by atoms with van der Waals surface area (Å²) in [6, 6.07) is 3.41. The summed E-state index contributed by atoms with van der Waals surface area (Å²) in [6.07, 6.45) is -16.9. The lowest BCUT2D eigenvalue weighted by Gasteiger charge is -2.47. The number of rotatable bonds is 4. The van der Waals surface area contributed by atoms with Crippen LogP contribution in [0.4, 0.5) is 39.5 Å². The summed E-state index contributed by atoms with van der Waals surface area (Å²) in [6.45, 7) is 0.363. The fourth-order valence-electron chi connectivity index (χ4n) is 4.64. The van der Waals surface area contributed by atoms with E-state index in [9.17, 15) is 53.4 Å². The van der Waals surface area contributed by atoms with E-state index in [2.05, 4.69) is 10.3 Å². The lowest BCUT2D eigenvalue weighted by atomic mass is 9.75. The number of carbonyl (C=O) groups excluding carboxylic acids is 1. The minimum atomic E-state index is -5.32. The summed E-state index contributed by atoms with van der Waals surface area (Å²) < 4.78 is 142. The van der Waals surface area contributed by atoms with Crippen LogP contribution in [-0.2, 0) is 17.8 Å². The SMILES string of the molecule is Cc1cc(C2=NCC(c3cc(C(F)(F)F)cc(C(F)(F)F)c3)(C(F)(F)F)C2)ccc1C(=O)NC1CS(O)(O)C1. The topological polar surface area (TPSA) is 81.9 Å². The van der Waals surface area contributed by atoms with Gasteiger partial charge < -0.3 is 5.32 Å². The zero-order chi connectivity index (χ0) is 29.2. The number of hydrogen-bond acceptors (Lipinski definition) is 4. The summed E-state index contributed by atoms with van der Waals surface area (Å²) in [7, 11) is -2.70. The van der Waals surface area contributed by atoms with Crippen molar-refractivity contribution in [1.82, 2.24) is 5.32 Å². The molecule has 1 atom stereocenters. The average molecular weight is 588 g/mol. The van der Waals surface area contributed by atoms with Crippen LogP contribution < -0.4 is 5.32 Å². The first-order valence-corrected chi connectivity index (χ1v) is 13.2. The Kier molecular flexibility index (Phi) is 7.04. The van der Waals surface area contributed by atoms with Gasteiger partial charge >= 0.3 is 18.5 Å². The second-order valence-corrected chi connectivity index (χ2v) is 11.9. The van der Waals surface area contributed by atoms with Gasteiger partial charge in [0.15, 0.2) is 0 Å². The molecule has 1 fully saturated rings. The van der Waals surface area contributed by atoms with Gasteiger partial charge in [-0.3, -0.25) is 18.9 Å². The predicted octanol–water partition coefficient (Wildman–Crippen LogP) is 6.59. The molecule has 2 aromatic rings. The summed E-state index contributed by atoms with van der Waals surface area (Å²) in [4.78, 5) is 16.4. The molecular weight excluding hydrogens is 567 g/mol. The number of aliphatic imine (C=N–C) groups is 1. The first-order valence-electron chi connectivity index (χ1n) is 11.3. The smallest absolute Gasteiger partial charge is 0.346 e. The highest BCUT2D eigenvalue weighted by atomic mass is 32.3. The van der Waals surface area contributed by atoms with E-state index in [0.717, 1.165) is 0 Å². The number of amides is 1. The fraction of sp³-hybridized carbons (Fsp3) is 0.417. The van der Waals surface area contributed by atoms with Gasteiger partial charge in [0.1, 0.15) is 5.41 Å². The number of nitrogens with zero attached hydrogens (tertiary/aromatic N) is 1. The zero-order valence-corrected chi connectivity index (χ0v) is 20.7. The number of halogens is 9. The van der Waals surface area contributed by atoms with E-state index < -0.39 is 76.1 Å². The van der Waals surface area contributed by atoms with Crippen LogP contribution in [0.2, 0.25) is 0 Å². The Morgan fingerprint density at radius 1 is 0.949 bits per heavy atom. The van der Waals surface area contributed by atoms with Crippen molar-refractivity contribution in [1.29, 1.82) is 0 Å². The molecule has 2 heterocycles. The third kappa shape index (κ3) is 5.75. The molecule has 2 aromatic carbocycles. The van der Waals surface area contributed by atoms with Crippen LogP contribution in [-0.4, -0.2) is 51.0 Å². The van der Waals surface area contributed by atoms with Crippen LogP contribution in [0.3, 0.4) is 0 Å². The molecular formula is C24H21F9N2O3S. The lowest BCUT2D eigenvalue weighted by Crippen LogP contribution is -2.50. The van der Waals surface area contributed by atoms with Gasteiger partial charge in [-0.15, -0.1) is 0 Å². The molecule has 0 bridgehead atoms. The monoisotopic (exact) mass is 588 g/mol. The summed E-state index contributed by atoms with van der Waals surface area (Å²) in [5.74, 6) is -0.559. The molecule has 1 amide bonds. The maximum atomic E-state index is 14.4. The molecule has 5 nitrogen and oxygen atoms in total. The zero-order valence-electron chi connectivity index (χ0n) is 19.9. The first-order chi connectivity index (χ1) is 17.7. The van der Waals surface area contributed by atoms with Crippen molar-refractivity contribution in [2.45, 2.75) is 43.3 Å². The van der Waals surface area contributed by atoms with Gasteiger partial charge in [0, 0.05) is 17.7 Å². The second-order valence-electron chi connectivity index (χ2n) is 9.65. The maximum Gasteiger partial charge on any atom is 0.416 e. The van der Waals surface area contributed by atoms with Crippen molar-refractivity contribution in [3.05, 3.63) is 69.8 Å². The Labute approximate surface area is 217 Å². The van der Waals surface area contributed by atoms with Crippen LogP contribution in [0, 0.1) is 6.92 Å². The van der Waals surface area contributed by atoms with E-state index >= 15 is 0 Å². The van der Waals surface area contributed by atoms with E-state index in [0.29, 0.717) is 5.56 Å². The van der Waals surface area contributed by atoms with Crippen LogP contribution in [0.25, 0.3) is 0 Å². The number of nitrogens with one attached hydrogen (secondary N) is 1. The molecule has 3 N–H and O–H groups in total. The normalized spacial score (nSPS) is 22.7. The van der Waals surface area contributed by atoms with Gasteiger partial charge in [0.2, 0.25) is 0 Å². The van der Waals surface area contributed by atoms with Gasteiger partial charge in [0.05, 0.1) is 35.2 Å². The van der Waals surface area contributed by atoms with Crippen molar-refractivity contribution in [3.63, 3.8) is 0 Å². The molecule has 0 saturated carbocycles. The minimum Gasteiger partial charge on any atom is -0.346 e. The van der Waals surface area contributed by atoms with Gasteiger partial charge in [-0.25, -0.2) is 0 Å². The molecule has 2 aliphatic heterocycles. The molecule has 15 heteroatoms. The van der Waals surface area contributed by atoms with Crippen molar-refractivity contribution >= 4 is 22.2 Å². The molecule has 0 aliphatic carbocycles. The summed E-state index contributed by atoms with van der Waals surface area (Å²) in [5.41, 5.74) is -7.66. The van der Waals surface area contributed by atoms with E-state index in [4.69, 9.17) is 0 Å². The summed E-state index contributed by atoms with van der Waals surface area (Å²) in [5, 5.41) is 2.61. The van der Waals surface area contributed by atoms with Gasteiger partial charge in [-0.05, 0) is 53.9 Å². The van der Waals surface area contributed by atoms with E-state index in [1.165, 1.54) is 25.1 Å². The number of aryl methyl sites for hydroxylation is 1. The van der Waals surface area contributed by atoms with Crippen LogP contribution >= 0.6 is 10.6 Å². The number of alkyl halides is 9. The number of hydrogen-bond donors (Lipinski definition) is 3. The van der Waals surface area contributed by atoms with Crippen LogP contribution in [0.1, 0.15) is 44.6 Å². The Bertz CT molecular complexity index is 1300. The number of carbonyl (C=O) groups is 1. The van der Waals surface area contributed by atoms with Gasteiger partial charge in [-0.1, -0.05) is 6.07 Å². The van der Waals surface area contributed by atoms with Crippen molar-refractivity contribution in [2.24, 2.45) is 4.99 Å². The quantitative estimate of drug-likeness (QED) is 0.353. The molecule has 214 valence electrons. The molecule has 0 spiro atoms. The van der Waals surface area contributed by atoms with Crippen LogP contribution in [0.15, 0.2) is 41.4 Å². The van der Waals surface area contributed by atoms with Crippen molar-refractivity contribution in [3.8, 4) is 0 Å². The van der Waals surface area contributed by atoms with Gasteiger partial charge in [0.25, 0.3) is 5.91 Å². The average Bonchev–Trinajstić information content (AvgIpc) is 3.23. The van der Waals surface area contributed by atoms with Gasteiger partial charge in [-0.2, -0.15) is 50.1 Å². The standard InChI is InChI=1S/C24H21F9N2O3S/c1-12-4-13(2-3-18(12)20(36)35-17-9-39(37,38)10-17)19-8-21(11-34-19,24(31,32)33)14-5-15(22(25,26)27)7-16(6-14)23(28,29)30/h2-7,17,37-38H,8-11H2,1H3,(H,35,36). The third-order valence-corrected chi connectivity index (χ3v) is 8.64. The maximum absolute atomic E-state index is 14.4. The Hall–Kier alpha value is -2.78. The molecule has 1 saturated heterocycles. The Morgan fingerprint density at radius 2 is 1.51 bits per heavy atom. The van der Waals surface area contributed by atoms with Crippen molar-refractivity contribution in [2.75, 3.05) is 18.1 Å². The first kappa shape index (κ1) is 29.2. The molecule has 39 heavy (non-hydrogen) atoms. The second kappa shape index (κ2) is 9.41. The van der Waals surface area contributed by atoms with E-state index in [-0.39, 0.29) is 46.5 Å². The Balaban J connectivity index is 1.65. The van der Waals surface area contributed by atoms with E-state index in [1.807, 2.05) is 0 Å². The largest absolute Gasteiger partial charge is 0.416 e.